The molecule has 46 heavy (non-hydrogen) atoms. The molecule has 0 aromatic heterocycles. The van der Waals surface area contributed by atoms with Crippen LogP contribution in [0.5, 0.6) is 11.5 Å². The molecule has 1 saturated heterocycles. The van der Waals surface area contributed by atoms with Crippen LogP contribution in [0.1, 0.15) is 65.8 Å². The molecule has 4 N–H and O–H groups in total. The molecule has 3 amide bonds. The normalized spacial score (nSPS) is 15.3. The minimum Gasteiger partial charge on any atom is -0.493 e. The van der Waals surface area contributed by atoms with Crippen molar-refractivity contribution in [3.63, 3.8) is 0 Å². The maximum Gasteiger partial charge on any atom is 0.411 e. The smallest absolute Gasteiger partial charge is 0.411 e. The maximum atomic E-state index is 14.7. The van der Waals surface area contributed by atoms with Crippen LogP contribution in [0, 0.1) is 6.92 Å². The van der Waals surface area contributed by atoms with Crippen molar-refractivity contribution in [3.8, 4) is 11.5 Å². The zero-order valence-electron chi connectivity index (χ0n) is 26.7. The fourth-order valence-corrected chi connectivity index (χ4v) is 6.78. The molecule has 0 bridgehead atoms. The van der Waals surface area contributed by atoms with Crippen molar-refractivity contribution in [3.05, 3.63) is 76.9 Å². The molecule has 13 heteroatoms. The zero-order chi connectivity index (χ0) is 33.8. The van der Waals surface area contributed by atoms with Gasteiger partial charge in [-0.2, -0.15) is 0 Å². The van der Waals surface area contributed by atoms with Gasteiger partial charge >= 0.3 is 6.09 Å². The number of nitrogens with two attached hydrogens (primary N) is 1. The number of primary amides is 1. The Morgan fingerprint density at radius 2 is 1.67 bits per heavy atom. The van der Waals surface area contributed by atoms with Crippen LogP contribution in [0.2, 0.25) is 0 Å². The van der Waals surface area contributed by atoms with Crippen LogP contribution in [0.25, 0.3) is 0 Å². The van der Waals surface area contributed by atoms with E-state index in [-0.39, 0.29) is 16.4 Å². The van der Waals surface area contributed by atoms with Crippen molar-refractivity contribution in [1.29, 1.82) is 0 Å². The molecule has 12 nitrogen and oxygen atoms in total. The zero-order valence-corrected chi connectivity index (χ0v) is 27.6. The quantitative estimate of drug-likeness (QED) is 0.259. The number of carbonyl (C=O) groups excluding carboxylic acids is 3. The second-order valence-electron chi connectivity index (χ2n) is 11.2. The molecule has 2 atom stereocenters. The van der Waals surface area contributed by atoms with Crippen LogP contribution >= 0.6 is 0 Å². The third kappa shape index (κ3) is 7.04. The van der Waals surface area contributed by atoms with Crippen molar-refractivity contribution in [1.82, 2.24) is 4.90 Å². The molecule has 0 radical (unpaired) electrons. The first-order valence-electron chi connectivity index (χ1n) is 14.7. The molecule has 4 rings (SSSR count). The number of carbonyl (C=O) groups is 3. The summed E-state index contributed by atoms with van der Waals surface area (Å²) in [6.45, 7) is 5.38. The van der Waals surface area contributed by atoms with Crippen molar-refractivity contribution < 1.29 is 37.0 Å². The van der Waals surface area contributed by atoms with Crippen molar-refractivity contribution in [2.24, 2.45) is 5.73 Å². The number of hydrogen-bond acceptors (Lipinski definition) is 9. The monoisotopic (exact) mass is 652 g/mol. The van der Waals surface area contributed by atoms with Gasteiger partial charge in [0.2, 0.25) is 11.8 Å². The molecule has 1 unspecified atom stereocenters. The summed E-state index contributed by atoms with van der Waals surface area (Å²) in [5, 5.41) is 5.19. The predicted octanol–water partition coefficient (Wildman–Crippen LogP) is 4.99. The lowest BCUT2D eigenvalue weighted by molar-refractivity contribution is -0.133. The summed E-state index contributed by atoms with van der Waals surface area (Å²) in [5.74, 6) is -0.0669. The SMILES string of the molecule is COC(=O)Nc1ccc(S(=O)(=O)C(C)C)c(C2CCCN2C(=O)[C@H](Nc2cc(C(N)=O)ccc2C)c2ccc(OC)c(OC)c2)c1. The first-order chi connectivity index (χ1) is 21.8. The van der Waals surface area contributed by atoms with Crippen LogP contribution in [-0.2, 0) is 19.4 Å². The lowest BCUT2D eigenvalue weighted by atomic mass is 10.00. The lowest BCUT2D eigenvalue weighted by Gasteiger charge is -2.32. The highest BCUT2D eigenvalue weighted by atomic mass is 32.2. The van der Waals surface area contributed by atoms with Gasteiger partial charge < -0.3 is 30.2 Å². The molecule has 1 heterocycles. The number of sulfone groups is 1. The second kappa shape index (κ2) is 14.1. The Hall–Kier alpha value is -4.78. The number of anilines is 2. The summed E-state index contributed by atoms with van der Waals surface area (Å²) in [5.41, 5.74) is 8.39. The lowest BCUT2D eigenvalue weighted by Crippen LogP contribution is -2.38. The summed E-state index contributed by atoms with van der Waals surface area (Å²) in [6.07, 6.45) is 0.389. The van der Waals surface area contributed by atoms with Crippen molar-refractivity contribution in [2.75, 3.05) is 38.5 Å². The van der Waals surface area contributed by atoms with Crippen LogP contribution in [0.4, 0.5) is 16.2 Å². The number of benzene rings is 3. The van der Waals surface area contributed by atoms with Crippen molar-refractivity contribution in [2.45, 2.75) is 55.8 Å². The van der Waals surface area contributed by atoms with E-state index in [0.29, 0.717) is 53.4 Å². The number of hydrogen-bond donors (Lipinski definition) is 3. The van der Waals surface area contributed by atoms with Gasteiger partial charge in [0.15, 0.2) is 21.3 Å². The van der Waals surface area contributed by atoms with Gasteiger partial charge in [0.1, 0.15) is 6.04 Å². The van der Waals surface area contributed by atoms with E-state index in [4.69, 9.17) is 19.9 Å². The van der Waals surface area contributed by atoms with Crippen LogP contribution < -0.4 is 25.8 Å². The number of amides is 3. The van der Waals surface area contributed by atoms with Crippen LogP contribution in [-0.4, -0.2) is 64.3 Å². The number of aryl methyl sites for hydroxylation is 1. The number of ether oxygens (including phenoxy) is 3. The third-order valence-corrected chi connectivity index (χ3v) is 10.3. The summed E-state index contributed by atoms with van der Waals surface area (Å²) >= 11 is 0. The topological polar surface area (TPSA) is 166 Å². The maximum absolute atomic E-state index is 14.7. The molecule has 0 aliphatic carbocycles. The fraction of sp³-hybridized carbons (Fsp3) is 0.364. The number of methoxy groups -OCH3 is 3. The Morgan fingerprint density at radius 1 is 0.957 bits per heavy atom. The average molecular weight is 653 g/mol. The van der Waals surface area contributed by atoms with E-state index in [1.165, 1.54) is 33.5 Å². The summed E-state index contributed by atoms with van der Waals surface area (Å²) in [4.78, 5) is 40.4. The number of nitrogens with zero attached hydrogens (tertiary/aromatic N) is 1. The number of nitrogens with one attached hydrogen (secondary N) is 2. The summed E-state index contributed by atoms with van der Waals surface area (Å²) in [6, 6.07) is 13.0. The molecule has 1 aliphatic rings. The van der Waals surface area contributed by atoms with Gasteiger partial charge in [-0.25, -0.2) is 13.2 Å². The molecule has 0 spiro atoms. The Morgan fingerprint density at radius 3 is 2.30 bits per heavy atom. The van der Waals surface area contributed by atoms with Crippen LogP contribution in [0.15, 0.2) is 59.5 Å². The van der Waals surface area contributed by atoms with Gasteiger partial charge in [0.25, 0.3) is 0 Å². The highest BCUT2D eigenvalue weighted by molar-refractivity contribution is 7.92. The van der Waals surface area contributed by atoms with Gasteiger partial charge in [-0.05, 0) is 92.8 Å². The van der Waals surface area contributed by atoms with Gasteiger partial charge in [-0.15, -0.1) is 0 Å². The molecule has 1 fully saturated rings. The van der Waals surface area contributed by atoms with Gasteiger partial charge in [0.05, 0.1) is 37.5 Å². The van der Waals surface area contributed by atoms with E-state index in [1.54, 1.807) is 61.2 Å². The Labute approximate surface area is 269 Å². The second-order valence-corrected chi connectivity index (χ2v) is 13.7. The Balaban J connectivity index is 1.85. The molecule has 3 aromatic carbocycles. The van der Waals surface area contributed by atoms with Gasteiger partial charge in [0, 0.05) is 23.5 Å². The van der Waals surface area contributed by atoms with Gasteiger partial charge in [-0.3, -0.25) is 14.9 Å². The van der Waals surface area contributed by atoms with Crippen molar-refractivity contribution >= 4 is 39.1 Å². The molecular weight excluding hydrogens is 612 g/mol. The van der Waals surface area contributed by atoms with Gasteiger partial charge in [-0.1, -0.05) is 12.1 Å². The van der Waals surface area contributed by atoms with E-state index in [0.717, 1.165) is 5.56 Å². The molecule has 3 aromatic rings. The first-order valence-corrected chi connectivity index (χ1v) is 16.3. The minimum absolute atomic E-state index is 0.0863. The van der Waals surface area contributed by atoms with E-state index >= 15 is 0 Å². The molecular formula is C33H40N4O8S. The largest absolute Gasteiger partial charge is 0.493 e. The first kappa shape index (κ1) is 34.1. The summed E-state index contributed by atoms with van der Waals surface area (Å²) < 4.78 is 42.7. The standard InChI is InChI=1S/C33H40N4O8S/c1-19(2)46(41,42)29-14-12-23(35-33(40)45-6)18-24(29)26-8-7-15-37(26)32(39)30(21-11-13-27(43-4)28(17-21)44-5)36-25-16-22(31(34)38)10-9-20(25)3/h9-14,16-19,26,30,36H,7-8,15H2,1-6H3,(H2,34,38)(H,35,40)/t26?,30-/m1/s1. The van der Waals surface area contributed by atoms with E-state index in [2.05, 4.69) is 10.6 Å². The van der Waals surface area contributed by atoms with Crippen LogP contribution in [0.3, 0.4) is 0 Å². The minimum atomic E-state index is -3.77. The third-order valence-electron chi connectivity index (χ3n) is 8.07. The molecule has 1 aliphatic heterocycles. The fourth-order valence-electron chi connectivity index (χ4n) is 5.49. The highest BCUT2D eigenvalue weighted by Gasteiger charge is 2.38. The average Bonchev–Trinajstić information content (AvgIpc) is 3.53. The van der Waals surface area contributed by atoms with E-state index in [9.17, 15) is 22.8 Å². The summed E-state index contributed by atoms with van der Waals surface area (Å²) in [7, 11) is 0.463. The number of rotatable bonds is 11. The number of likely N-dealkylation sites (tertiary alicyclic amines) is 1. The van der Waals surface area contributed by atoms with E-state index in [1.807, 2.05) is 6.92 Å². The molecule has 0 saturated carbocycles. The highest BCUT2D eigenvalue weighted by Crippen LogP contribution is 2.41. The van der Waals surface area contributed by atoms with E-state index < -0.39 is 39.2 Å². The predicted molar refractivity (Wildman–Crippen MR) is 174 cm³/mol. The Kier molecular flexibility index (Phi) is 10.5. The Bertz CT molecular complexity index is 1740. The molecule has 246 valence electrons.